The Bertz CT molecular complexity index is 1050. The Balaban J connectivity index is 1.47. The molecule has 6 nitrogen and oxygen atoms in total. The quantitative estimate of drug-likeness (QED) is 0.559. The molecule has 1 aliphatic rings. The van der Waals surface area contributed by atoms with Crippen LogP contribution < -0.4 is 10.1 Å². The summed E-state index contributed by atoms with van der Waals surface area (Å²) in [6, 6.07) is 15.8. The fourth-order valence-corrected chi connectivity index (χ4v) is 3.95. The topological polar surface area (TPSA) is 58.0 Å². The third-order valence-electron chi connectivity index (χ3n) is 5.93. The molecule has 0 bridgehead atoms. The smallest absolute Gasteiger partial charge is 0.258 e. The van der Waals surface area contributed by atoms with Crippen molar-refractivity contribution in [1.82, 2.24) is 15.1 Å². The molecule has 1 N–H and O–H groups in total. The predicted molar refractivity (Wildman–Crippen MR) is 125 cm³/mol. The van der Waals surface area contributed by atoms with Gasteiger partial charge in [0.15, 0.2) is 6.61 Å². The largest absolute Gasteiger partial charge is 0.483 e. The summed E-state index contributed by atoms with van der Waals surface area (Å²) in [7, 11) is 2.13. The van der Waals surface area contributed by atoms with Gasteiger partial charge >= 0.3 is 0 Å². The fraction of sp³-hybridized carbons (Fsp3) is 0.346. The molecule has 1 saturated heterocycles. The molecule has 3 aromatic rings. The summed E-state index contributed by atoms with van der Waals surface area (Å²) in [5.74, 6) is 0.904. The highest BCUT2D eigenvalue weighted by atomic mass is 19.1. The molecule has 33 heavy (non-hydrogen) atoms. The first-order valence-electron chi connectivity index (χ1n) is 11.2. The summed E-state index contributed by atoms with van der Waals surface area (Å²) in [6.07, 6.45) is 1.59. The average molecular weight is 452 g/mol. The van der Waals surface area contributed by atoms with Crippen molar-refractivity contribution in [3.8, 4) is 16.9 Å². The normalized spacial score (nSPS) is 15.8. The number of rotatable bonds is 8. The predicted octanol–water partition coefficient (Wildman–Crippen LogP) is 4.09. The van der Waals surface area contributed by atoms with Gasteiger partial charge in [0.2, 0.25) is 0 Å². The Morgan fingerprint density at radius 2 is 1.82 bits per heavy atom. The molecule has 174 valence electrons. The highest BCUT2D eigenvalue weighted by Crippen LogP contribution is 2.28. The lowest BCUT2D eigenvalue weighted by Crippen LogP contribution is -2.43. The van der Waals surface area contributed by atoms with E-state index in [0.717, 1.165) is 49.4 Å². The van der Waals surface area contributed by atoms with E-state index in [9.17, 15) is 9.18 Å². The number of piperazine rings is 1. The molecule has 0 aliphatic carbocycles. The Morgan fingerprint density at radius 3 is 2.52 bits per heavy atom. The zero-order valence-electron chi connectivity index (χ0n) is 19.1. The van der Waals surface area contributed by atoms with Crippen LogP contribution >= 0.6 is 0 Å². The van der Waals surface area contributed by atoms with Crippen molar-refractivity contribution < 1.29 is 18.3 Å². The Hall–Kier alpha value is -3.16. The minimum absolute atomic E-state index is 0.0866. The van der Waals surface area contributed by atoms with Crippen LogP contribution in [0.4, 0.5) is 4.39 Å². The Kier molecular flexibility index (Phi) is 7.42. The van der Waals surface area contributed by atoms with Crippen molar-refractivity contribution in [1.29, 1.82) is 0 Å². The van der Waals surface area contributed by atoms with Gasteiger partial charge < -0.3 is 19.4 Å². The highest BCUT2D eigenvalue weighted by Gasteiger charge is 2.18. The van der Waals surface area contributed by atoms with E-state index in [0.29, 0.717) is 11.5 Å². The first-order valence-corrected chi connectivity index (χ1v) is 11.2. The lowest BCUT2D eigenvalue weighted by atomic mass is 10.0. The minimum Gasteiger partial charge on any atom is -0.483 e. The molecule has 1 aliphatic heterocycles. The van der Waals surface area contributed by atoms with Crippen LogP contribution in [0.5, 0.6) is 5.75 Å². The summed E-state index contributed by atoms with van der Waals surface area (Å²) in [6.45, 7) is 6.48. The molecular weight excluding hydrogens is 421 g/mol. The third kappa shape index (κ3) is 6.21. The number of nitrogens with one attached hydrogen (secondary N) is 1. The third-order valence-corrected chi connectivity index (χ3v) is 5.93. The average Bonchev–Trinajstić information content (AvgIpc) is 3.35. The van der Waals surface area contributed by atoms with Crippen LogP contribution in [0.15, 0.2) is 65.3 Å². The number of carbonyl (C=O) groups is 1. The highest BCUT2D eigenvalue weighted by molar-refractivity contribution is 5.78. The van der Waals surface area contributed by atoms with Gasteiger partial charge in [-0.25, -0.2) is 4.39 Å². The number of nitrogens with zero attached hydrogens (tertiary/aromatic N) is 2. The number of amides is 1. The number of halogens is 1. The summed E-state index contributed by atoms with van der Waals surface area (Å²) in [5, 5.41) is 2.89. The number of ether oxygens (including phenoxy) is 1. The van der Waals surface area contributed by atoms with Crippen molar-refractivity contribution in [2.24, 2.45) is 0 Å². The van der Waals surface area contributed by atoms with Gasteiger partial charge in [-0.15, -0.1) is 0 Å². The first kappa shape index (κ1) is 23.0. The second-order valence-corrected chi connectivity index (χ2v) is 8.50. The minimum atomic E-state index is -0.258. The number of likely N-dealkylation sites (N-methyl/N-ethyl adjacent to an activating group) is 1. The molecule has 1 fully saturated rings. The van der Waals surface area contributed by atoms with Crippen LogP contribution in [0.3, 0.4) is 0 Å². The van der Waals surface area contributed by atoms with Gasteiger partial charge in [-0.05, 0) is 61.5 Å². The molecule has 7 heteroatoms. The maximum absolute atomic E-state index is 13.4. The van der Waals surface area contributed by atoms with Crippen molar-refractivity contribution >= 4 is 5.91 Å². The van der Waals surface area contributed by atoms with Crippen LogP contribution in [-0.4, -0.2) is 55.5 Å². The van der Waals surface area contributed by atoms with Crippen molar-refractivity contribution in [3.63, 3.8) is 0 Å². The number of hydrogen-bond donors (Lipinski definition) is 1. The summed E-state index contributed by atoms with van der Waals surface area (Å²) < 4.78 is 24.7. The number of benzene rings is 2. The zero-order valence-corrected chi connectivity index (χ0v) is 19.1. The summed E-state index contributed by atoms with van der Waals surface area (Å²) in [5.41, 5.74) is 2.93. The number of hydrogen-bond acceptors (Lipinski definition) is 5. The lowest BCUT2D eigenvalue weighted by molar-refractivity contribution is -0.123. The van der Waals surface area contributed by atoms with Crippen molar-refractivity contribution in [2.45, 2.75) is 19.5 Å². The van der Waals surface area contributed by atoms with Crippen LogP contribution in [0.2, 0.25) is 0 Å². The van der Waals surface area contributed by atoms with Crippen molar-refractivity contribution in [3.05, 3.63) is 78.0 Å². The molecule has 1 atom stereocenters. The maximum atomic E-state index is 13.4. The van der Waals surface area contributed by atoms with E-state index in [2.05, 4.69) is 28.2 Å². The second kappa shape index (κ2) is 10.6. The van der Waals surface area contributed by atoms with Crippen LogP contribution in [0.1, 0.15) is 24.3 Å². The molecular formula is C26H30FN3O3. The number of furan rings is 1. The molecule has 0 spiro atoms. The summed E-state index contributed by atoms with van der Waals surface area (Å²) in [4.78, 5) is 17.1. The van der Waals surface area contributed by atoms with E-state index < -0.39 is 0 Å². The molecule has 2 aromatic carbocycles. The first-order chi connectivity index (χ1) is 16.0. The van der Waals surface area contributed by atoms with Crippen molar-refractivity contribution in [2.75, 3.05) is 39.8 Å². The van der Waals surface area contributed by atoms with E-state index in [4.69, 9.17) is 9.15 Å². The lowest BCUT2D eigenvalue weighted by Gasteiger charge is -2.32. The summed E-state index contributed by atoms with van der Waals surface area (Å²) >= 11 is 0. The van der Waals surface area contributed by atoms with Gasteiger partial charge in [-0.1, -0.05) is 18.2 Å². The molecule has 4 rings (SSSR count). The standard InChI is InChI=1S/C26H30FN3O3/c1-19(24-4-3-15-32-24)28-26(31)18-33-25-10-7-21(20-5-8-23(27)9-6-20)16-22(25)17-30-13-11-29(2)12-14-30/h3-10,15-16,19H,11-14,17-18H2,1-2H3,(H,28,31). The molecule has 1 unspecified atom stereocenters. The van der Waals surface area contributed by atoms with E-state index in [1.54, 1.807) is 24.5 Å². The Labute approximate surface area is 193 Å². The molecule has 0 radical (unpaired) electrons. The zero-order chi connectivity index (χ0) is 23.2. The van der Waals surface area contributed by atoms with Gasteiger partial charge in [0, 0.05) is 38.3 Å². The SMILES string of the molecule is CC(NC(=O)COc1ccc(-c2ccc(F)cc2)cc1CN1CCN(C)CC1)c1ccco1. The molecule has 2 heterocycles. The van der Waals surface area contributed by atoms with E-state index in [1.807, 2.05) is 25.1 Å². The molecule has 1 aromatic heterocycles. The molecule has 0 saturated carbocycles. The Morgan fingerprint density at radius 1 is 1.09 bits per heavy atom. The van der Waals surface area contributed by atoms with Crippen LogP contribution in [0, 0.1) is 5.82 Å². The number of carbonyl (C=O) groups excluding carboxylic acids is 1. The van der Waals surface area contributed by atoms with Crippen LogP contribution in [-0.2, 0) is 11.3 Å². The maximum Gasteiger partial charge on any atom is 0.258 e. The van der Waals surface area contributed by atoms with Crippen LogP contribution in [0.25, 0.3) is 11.1 Å². The van der Waals surface area contributed by atoms with E-state index in [1.165, 1.54) is 12.1 Å². The van der Waals surface area contributed by atoms with Gasteiger partial charge in [0.05, 0.1) is 12.3 Å². The van der Waals surface area contributed by atoms with Gasteiger partial charge in [-0.2, -0.15) is 0 Å². The van der Waals surface area contributed by atoms with E-state index in [-0.39, 0.29) is 24.4 Å². The second-order valence-electron chi connectivity index (χ2n) is 8.50. The van der Waals surface area contributed by atoms with Gasteiger partial charge in [0.25, 0.3) is 5.91 Å². The molecule has 1 amide bonds. The van der Waals surface area contributed by atoms with E-state index >= 15 is 0 Å². The monoisotopic (exact) mass is 451 g/mol. The fourth-order valence-electron chi connectivity index (χ4n) is 3.95. The van der Waals surface area contributed by atoms with Gasteiger partial charge in [0.1, 0.15) is 17.3 Å². The van der Waals surface area contributed by atoms with Gasteiger partial charge in [-0.3, -0.25) is 9.69 Å².